The van der Waals surface area contributed by atoms with Crippen molar-refractivity contribution in [3.63, 3.8) is 0 Å². The van der Waals surface area contributed by atoms with E-state index in [2.05, 4.69) is 23.1 Å². The van der Waals surface area contributed by atoms with E-state index in [1.165, 1.54) is 5.56 Å². The van der Waals surface area contributed by atoms with E-state index in [0.29, 0.717) is 18.8 Å². The molecule has 0 aliphatic carbocycles. The van der Waals surface area contributed by atoms with Crippen LogP contribution in [0.2, 0.25) is 0 Å². The second-order valence-electron chi connectivity index (χ2n) is 6.09. The van der Waals surface area contributed by atoms with E-state index in [4.69, 9.17) is 9.15 Å². The van der Waals surface area contributed by atoms with Crippen LogP contribution in [-0.2, 0) is 24.8 Å². The average Bonchev–Trinajstić information content (AvgIpc) is 3.19. The van der Waals surface area contributed by atoms with Gasteiger partial charge in [0.2, 0.25) is 0 Å². The van der Waals surface area contributed by atoms with Crippen molar-refractivity contribution in [2.75, 3.05) is 19.8 Å². The molecule has 0 aromatic carbocycles. The molecule has 0 bridgehead atoms. The predicted molar refractivity (Wildman–Crippen MR) is 85.9 cm³/mol. The van der Waals surface area contributed by atoms with Gasteiger partial charge in [0.25, 0.3) is 0 Å². The smallest absolute Gasteiger partial charge is 0.132 e. The number of aryl methyl sites for hydroxylation is 2. The molecular weight excluding hydrogens is 294 g/mol. The van der Waals surface area contributed by atoms with Gasteiger partial charge >= 0.3 is 0 Å². The minimum absolute atomic E-state index is 0.175. The van der Waals surface area contributed by atoms with Gasteiger partial charge in [0.1, 0.15) is 11.9 Å². The molecule has 2 atom stereocenters. The fraction of sp³-hybridized carbons (Fsp3) is 0.588. The zero-order chi connectivity index (χ0) is 16.2. The minimum atomic E-state index is -0.598. The molecular formula is C17H25N3O3. The first kappa shape index (κ1) is 16.2. The highest BCUT2D eigenvalue weighted by Gasteiger charge is 2.27. The molecule has 2 aromatic heterocycles. The molecule has 2 unspecified atom stereocenters. The van der Waals surface area contributed by atoms with Crippen LogP contribution in [0.15, 0.2) is 29.0 Å². The Bertz CT molecular complexity index is 609. The Hall–Kier alpha value is -1.63. The summed E-state index contributed by atoms with van der Waals surface area (Å²) in [5.74, 6) is 0.617. The molecule has 0 radical (unpaired) electrons. The van der Waals surface area contributed by atoms with Crippen molar-refractivity contribution in [2.24, 2.45) is 7.05 Å². The summed E-state index contributed by atoms with van der Waals surface area (Å²) in [7, 11) is 1.96. The summed E-state index contributed by atoms with van der Waals surface area (Å²) in [6.07, 6.45) is 4.62. The third-order valence-electron chi connectivity index (χ3n) is 4.42. The normalized spacial score (nSPS) is 20.7. The Morgan fingerprint density at radius 3 is 3.09 bits per heavy atom. The Kier molecular flexibility index (Phi) is 5.15. The molecule has 1 saturated heterocycles. The molecule has 2 aromatic rings. The number of rotatable bonds is 6. The number of nitrogens with zero attached hydrogens (tertiary/aromatic N) is 3. The molecule has 6 heteroatoms. The summed E-state index contributed by atoms with van der Waals surface area (Å²) in [5.41, 5.74) is 2.40. The van der Waals surface area contributed by atoms with E-state index >= 15 is 0 Å². The van der Waals surface area contributed by atoms with Gasteiger partial charge in [-0.1, -0.05) is 6.92 Å². The molecule has 3 heterocycles. The lowest BCUT2D eigenvalue weighted by Gasteiger charge is -2.36. The van der Waals surface area contributed by atoms with Crippen molar-refractivity contribution in [3.8, 4) is 0 Å². The Morgan fingerprint density at radius 1 is 1.48 bits per heavy atom. The van der Waals surface area contributed by atoms with E-state index in [1.807, 2.05) is 17.8 Å². The van der Waals surface area contributed by atoms with Crippen LogP contribution in [0.25, 0.3) is 0 Å². The van der Waals surface area contributed by atoms with E-state index in [-0.39, 0.29) is 6.04 Å². The zero-order valence-corrected chi connectivity index (χ0v) is 13.8. The first-order valence-corrected chi connectivity index (χ1v) is 8.22. The Labute approximate surface area is 136 Å². The van der Waals surface area contributed by atoms with E-state index in [9.17, 15) is 5.11 Å². The molecule has 3 rings (SSSR count). The maximum atomic E-state index is 10.4. The van der Waals surface area contributed by atoms with Gasteiger partial charge in [-0.15, -0.1) is 0 Å². The third kappa shape index (κ3) is 3.83. The highest BCUT2D eigenvalue weighted by atomic mass is 16.5. The number of hydrogen-bond acceptors (Lipinski definition) is 5. The van der Waals surface area contributed by atoms with Gasteiger partial charge < -0.3 is 14.3 Å². The number of aliphatic hydroxyl groups is 1. The van der Waals surface area contributed by atoms with Crippen LogP contribution in [-0.4, -0.2) is 45.6 Å². The lowest BCUT2D eigenvalue weighted by molar-refractivity contribution is -0.0324. The minimum Gasteiger partial charge on any atom is -0.467 e. The first-order chi connectivity index (χ1) is 11.2. The molecule has 126 valence electrons. The van der Waals surface area contributed by atoms with Crippen LogP contribution in [0.3, 0.4) is 0 Å². The Balaban J connectivity index is 1.68. The fourth-order valence-electron chi connectivity index (χ4n) is 3.20. The lowest BCUT2D eigenvalue weighted by atomic mass is 10.0. The quantitative estimate of drug-likeness (QED) is 0.881. The zero-order valence-electron chi connectivity index (χ0n) is 13.8. The molecule has 23 heavy (non-hydrogen) atoms. The topological polar surface area (TPSA) is 63.7 Å². The van der Waals surface area contributed by atoms with Crippen molar-refractivity contribution in [1.29, 1.82) is 0 Å². The monoisotopic (exact) mass is 319 g/mol. The van der Waals surface area contributed by atoms with Gasteiger partial charge in [-0.2, -0.15) is 5.10 Å². The molecule has 0 saturated carbocycles. The molecule has 0 amide bonds. The van der Waals surface area contributed by atoms with E-state index in [1.54, 1.807) is 12.3 Å². The van der Waals surface area contributed by atoms with E-state index < -0.39 is 6.10 Å². The van der Waals surface area contributed by atoms with Crippen LogP contribution >= 0.6 is 0 Å². The van der Waals surface area contributed by atoms with Crippen molar-refractivity contribution >= 4 is 0 Å². The second kappa shape index (κ2) is 7.29. The molecule has 1 N–H and O–H groups in total. The highest BCUT2D eigenvalue weighted by molar-refractivity contribution is 5.17. The third-order valence-corrected chi connectivity index (χ3v) is 4.42. The Morgan fingerprint density at radius 2 is 2.35 bits per heavy atom. The van der Waals surface area contributed by atoms with Crippen LogP contribution in [0, 0.1) is 0 Å². The fourth-order valence-corrected chi connectivity index (χ4v) is 3.20. The molecule has 1 aliphatic rings. The van der Waals surface area contributed by atoms with Crippen LogP contribution in [0.1, 0.15) is 36.5 Å². The predicted octanol–water partition coefficient (Wildman–Crippen LogP) is 1.90. The maximum absolute atomic E-state index is 10.4. The van der Waals surface area contributed by atoms with Crippen molar-refractivity contribution in [1.82, 2.24) is 14.7 Å². The number of ether oxygens (including phenoxy) is 1. The SMILES string of the molecule is CCc1nn(C)cc1CN1CCOCC1CC(O)c1ccco1. The largest absolute Gasteiger partial charge is 0.467 e. The number of hydrogen-bond donors (Lipinski definition) is 1. The van der Waals surface area contributed by atoms with Crippen molar-refractivity contribution in [2.45, 2.75) is 38.5 Å². The molecule has 0 spiro atoms. The number of morpholine rings is 1. The second-order valence-corrected chi connectivity index (χ2v) is 6.09. The summed E-state index contributed by atoms with van der Waals surface area (Å²) in [6, 6.07) is 3.79. The summed E-state index contributed by atoms with van der Waals surface area (Å²) in [4.78, 5) is 2.38. The van der Waals surface area contributed by atoms with Gasteiger partial charge in [0.05, 0.1) is 25.2 Å². The average molecular weight is 319 g/mol. The van der Waals surface area contributed by atoms with Gasteiger partial charge in [-0.3, -0.25) is 9.58 Å². The standard InChI is InChI=1S/C17H25N3O3/c1-3-15-13(10-19(2)18-15)11-20-6-8-22-12-14(20)9-16(21)17-5-4-7-23-17/h4-5,7,10,14,16,21H,3,6,8-9,11-12H2,1-2H3. The van der Waals surface area contributed by atoms with Crippen LogP contribution in [0.5, 0.6) is 0 Å². The van der Waals surface area contributed by atoms with Crippen LogP contribution in [0.4, 0.5) is 0 Å². The van der Waals surface area contributed by atoms with Gasteiger partial charge in [-0.05, 0) is 25.0 Å². The number of aliphatic hydroxyl groups excluding tert-OH is 1. The molecule has 6 nitrogen and oxygen atoms in total. The van der Waals surface area contributed by atoms with Gasteiger partial charge in [0, 0.05) is 37.9 Å². The summed E-state index contributed by atoms with van der Waals surface area (Å²) < 4.78 is 12.8. The van der Waals surface area contributed by atoms with Crippen LogP contribution < -0.4 is 0 Å². The number of aromatic nitrogens is 2. The summed E-state index contributed by atoms with van der Waals surface area (Å²) in [5, 5.41) is 14.9. The van der Waals surface area contributed by atoms with Gasteiger partial charge in [0.15, 0.2) is 0 Å². The maximum Gasteiger partial charge on any atom is 0.132 e. The lowest BCUT2D eigenvalue weighted by Crippen LogP contribution is -2.45. The summed E-state index contributed by atoms with van der Waals surface area (Å²) in [6.45, 7) is 5.21. The van der Waals surface area contributed by atoms with Gasteiger partial charge in [-0.25, -0.2) is 0 Å². The molecule has 1 fully saturated rings. The first-order valence-electron chi connectivity index (χ1n) is 8.22. The highest BCUT2D eigenvalue weighted by Crippen LogP contribution is 2.24. The van der Waals surface area contributed by atoms with E-state index in [0.717, 1.165) is 31.8 Å². The number of furan rings is 1. The summed E-state index contributed by atoms with van der Waals surface area (Å²) >= 11 is 0. The molecule has 1 aliphatic heterocycles. The van der Waals surface area contributed by atoms with Crippen molar-refractivity contribution < 1.29 is 14.3 Å². The van der Waals surface area contributed by atoms with Crippen molar-refractivity contribution in [3.05, 3.63) is 41.6 Å².